The van der Waals surface area contributed by atoms with Gasteiger partial charge in [0.05, 0.1) is 17.8 Å². The van der Waals surface area contributed by atoms with Crippen molar-refractivity contribution < 1.29 is 19.3 Å². The maximum Gasteiger partial charge on any atom is 0.0983 e. The average molecular weight is 272 g/mol. The van der Waals surface area contributed by atoms with Crippen LogP contribution in [0.25, 0.3) is 0 Å². The van der Waals surface area contributed by atoms with Gasteiger partial charge in [-0.2, -0.15) is 0 Å². The highest BCUT2D eigenvalue weighted by molar-refractivity contribution is 4.90. The molecule has 19 heavy (non-hydrogen) atoms. The average Bonchev–Trinajstić information content (AvgIpc) is 2.93. The Labute approximate surface area is 116 Å². The van der Waals surface area contributed by atoms with E-state index >= 15 is 0 Å². The summed E-state index contributed by atoms with van der Waals surface area (Å²) in [7, 11) is 0. The van der Waals surface area contributed by atoms with Gasteiger partial charge in [-0.25, -0.2) is 0 Å². The van der Waals surface area contributed by atoms with Gasteiger partial charge >= 0.3 is 0 Å². The van der Waals surface area contributed by atoms with E-state index in [1.54, 1.807) is 0 Å². The number of hydrogen-bond acceptors (Lipinski definition) is 4. The lowest BCUT2D eigenvalue weighted by Gasteiger charge is -2.40. The number of ether oxygens (including phenoxy) is 3. The second kappa shape index (κ2) is 7.58. The molecule has 0 aromatic heterocycles. The van der Waals surface area contributed by atoms with E-state index in [9.17, 15) is 5.11 Å². The Hall–Kier alpha value is -0.160. The van der Waals surface area contributed by atoms with Crippen LogP contribution in [0.1, 0.15) is 51.9 Å². The van der Waals surface area contributed by atoms with Gasteiger partial charge in [0.15, 0.2) is 0 Å². The standard InChI is InChI=1S/C15H28O4/c1-2-19-15(8-11-17-12-9-15)14(16)7-3-5-13-6-4-10-18-13/h13-14,16H,2-12H2,1H3. The fourth-order valence-corrected chi connectivity index (χ4v) is 3.25. The maximum absolute atomic E-state index is 10.5. The molecule has 2 fully saturated rings. The molecule has 2 rings (SSSR count). The van der Waals surface area contributed by atoms with Gasteiger partial charge in [-0.3, -0.25) is 0 Å². The Kier molecular flexibility index (Phi) is 6.07. The van der Waals surface area contributed by atoms with E-state index in [0.29, 0.717) is 25.9 Å². The van der Waals surface area contributed by atoms with Crippen LogP contribution in [-0.2, 0) is 14.2 Å². The Morgan fingerprint density at radius 2 is 2.11 bits per heavy atom. The SMILES string of the molecule is CCOC1(C(O)CCCC2CCCO2)CCOCC1. The molecule has 2 unspecified atom stereocenters. The molecule has 0 aromatic carbocycles. The first-order chi connectivity index (χ1) is 9.27. The summed E-state index contributed by atoms with van der Waals surface area (Å²) in [4.78, 5) is 0. The zero-order chi connectivity index (χ0) is 13.6. The molecule has 2 saturated heterocycles. The molecule has 2 aliphatic heterocycles. The molecule has 112 valence electrons. The summed E-state index contributed by atoms with van der Waals surface area (Å²) in [6, 6.07) is 0. The molecule has 0 saturated carbocycles. The van der Waals surface area contributed by atoms with Gasteiger partial charge in [0.25, 0.3) is 0 Å². The van der Waals surface area contributed by atoms with Crippen molar-refractivity contribution in [3.05, 3.63) is 0 Å². The van der Waals surface area contributed by atoms with E-state index in [-0.39, 0.29) is 11.7 Å². The van der Waals surface area contributed by atoms with E-state index in [2.05, 4.69) is 0 Å². The van der Waals surface area contributed by atoms with E-state index in [0.717, 1.165) is 38.7 Å². The minimum absolute atomic E-state index is 0.371. The molecule has 1 N–H and O–H groups in total. The first kappa shape index (κ1) is 15.2. The molecular weight excluding hydrogens is 244 g/mol. The zero-order valence-corrected chi connectivity index (χ0v) is 12.1. The number of rotatable bonds is 7. The van der Waals surface area contributed by atoms with Crippen LogP contribution in [0.3, 0.4) is 0 Å². The van der Waals surface area contributed by atoms with Gasteiger partial charge in [0.1, 0.15) is 0 Å². The second-order valence-corrected chi connectivity index (χ2v) is 5.69. The van der Waals surface area contributed by atoms with Gasteiger partial charge in [-0.05, 0) is 39.0 Å². The van der Waals surface area contributed by atoms with Crippen LogP contribution < -0.4 is 0 Å². The summed E-state index contributed by atoms with van der Waals surface area (Å²) in [6.45, 7) is 4.96. The Morgan fingerprint density at radius 1 is 1.32 bits per heavy atom. The summed E-state index contributed by atoms with van der Waals surface area (Å²) in [5.74, 6) is 0. The molecule has 0 aromatic rings. The molecule has 0 amide bonds. The molecule has 2 heterocycles. The molecule has 2 aliphatic rings. The number of aliphatic hydroxyl groups excluding tert-OH is 1. The van der Waals surface area contributed by atoms with Crippen molar-refractivity contribution in [1.82, 2.24) is 0 Å². The van der Waals surface area contributed by atoms with E-state index in [4.69, 9.17) is 14.2 Å². The van der Waals surface area contributed by atoms with Crippen molar-refractivity contribution in [1.29, 1.82) is 0 Å². The van der Waals surface area contributed by atoms with Gasteiger partial charge in [-0.1, -0.05) is 0 Å². The Balaban J connectivity index is 1.76. The monoisotopic (exact) mass is 272 g/mol. The lowest BCUT2D eigenvalue weighted by Crippen LogP contribution is -2.49. The van der Waals surface area contributed by atoms with E-state index in [1.165, 1.54) is 12.8 Å². The largest absolute Gasteiger partial charge is 0.390 e. The first-order valence-electron chi connectivity index (χ1n) is 7.78. The molecule has 4 heteroatoms. The first-order valence-corrected chi connectivity index (χ1v) is 7.78. The van der Waals surface area contributed by atoms with Crippen LogP contribution in [0.5, 0.6) is 0 Å². The van der Waals surface area contributed by atoms with Crippen molar-refractivity contribution in [2.45, 2.75) is 69.7 Å². The van der Waals surface area contributed by atoms with Gasteiger partial charge in [0.2, 0.25) is 0 Å². The van der Waals surface area contributed by atoms with Crippen molar-refractivity contribution >= 4 is 0 Å². The molecular formula is C15H28O4. The van der Waals surface area contributed by atoms with Gasteiger partial charge in [0, 0.05) is 39.3 Å². The normalized spacial score (nSPS) is 28.4. The molecule has 0 radical (unpaired) electrons. The van der Waals surface area contributed by atoms with Crippen LogP contribution in [-0.4, -0.2) is 49.3 Å². The van der Waals surface area contributed by atoms with Crippen LogP contribution in [0.2, 0.25) is 0 Å². The summed E-state index contributed by atoms with van der Waals surface area (Å²) < 4.78 is 16.9. The van der Waals surface area contributed by atoms with Gasteiger partial charge in [-0.15, -0.1) is 0 Å². The van der Waals surface area contributed by atoms with Crippen LogP contribution in [0.4, 0.5) is 0 Å². The third kappa shape index (κ3) is 4.15. The van der Waals surface area contributed by atoms with Crippen LogP contribution >= 0.6 is 0 Å². The summed E-state index contributed by atoms with van der Waals surface area (Å²) in [5.41, 5.74) is -0.371. The fraction of sp³-hybridized carbons (Fsp3) is 1.00. The quantitative estimate of drug-likeness (QED) is 0.772. The highest BCUT2D eigenvalue weighted by Gasteiger charge is 2.40. The third-order valence-corrected chi connectivity index (χ3v) is 4.41. The van der Waals surface area contributed by atoms with Crippen LogP contribution in [0.15, 0.2) is 0 Å². The van der Waals surface area contributed by atoms with Crippen molar-refractivity contribution in [2.24, 2.45) is 0 Å². The third-order valence-electron chi connectivity index (χ3n) is 4.41. The predicted octanol–water partition coefficient (Wildman–Crippen LogP) is 2.28. The Morgan fingerprint density at radius 3 is 2.74 bits per heavy atom. The van der Waals surface area contributed by atoms with E-state index in [1.807, 2.05) is 6.92 Å². The lowest BCUT2D eigenvalue weighted by atomic mass is 9.85. The van der Waals surface area contributed by atoms with E-state index < -0.39 is 0 Å². The molecule has 4 nitrogen and oxygen atoms in total. The van der Waals surface area contributed by atoms with Gasteiger partial charge < -0.3 is 19.3 Å². The zero-order valence-electron chi connectivity index (χ0n) is 12.1. The molecule has 2 atom stereocenters. The van der Waals surface area contributed by atoms with Crippen molar-refractivity contribution in [2.75, 3.05) is 26.4 Å². The minimum atomic E-state index is -0.377. The maximum atomic E-state index is 10.5. The minimum Gasteiger partial charge on any atom is -0.390 e. The number of hydrogen-bond donors (Lipinski definition) is 1. The highest BCUT2D eigenvalue weighted by Crippen LogP contribution is 2.32. The lowest BCUT2D eigenvalue weighted by molar-refractivity contribution is -0.167. The molecule has 0 spiro atoms. The second-order valence-electron chi connectivity index (χ2n) is 5.69. The van der Waals surface area contributed by atoms with Crippen molar-refractivity contribution in [3.63, 3.8) is 0 Å². The highest BCUT2D eigenvalue weighted by atomic mass is 16.5. The molecule has 0 aliphatic carbocycles. The topological polar surface area (TPSA) is 47.9 Å². The fourth-order valence-electron chi connectivity index (χ4n) is 3.25. The molecule has 0 bridgehead atoms. The van der Waals surface area contributed by atoms with Crippen LogP contribution in [0, 0.1) is 0 Å². The summed E-state index contributed by atoms with van der Waals surface area (Å²) >= 11 is 0. The smallest absolute Gasteiger partial charge is 0.0983 e. The predicted molar refractivity (Wildman–Crippen MR) is 73.2 cm³/mol. The summed E-state index contributed by atoms with van der Waals surface area (Å²) in [5, 5.41) is 10.5. The number of aliphatic hydroxyl groups is 1. The summed E-state index contributed by atoms with van der Waals surface area (Å²) in [6.07, 6.45) is 6.91. The Bertz CT molecular complexity index is 239. The van der Waals surface area contributed by atoms with Crippen molar-refractivity contribution in [3.8, 4) is 0 Å².